The van der Waals surface area contributed by atoms with Crippen molar-refractivity contribution in [3.63, 3.8) is 0 Å². The van der Waals surface area contributed by atoms with Crippen LogP contribution in [-0.2, 0) is 14.4 Å². The van der Waals surface area contributed by atoms with Crippen LogP contribution in [0.5, 0.6) is 11.5 Å². The van der Waals surface area contributed by atoms with Gasteiger partial charge < -0.3 is 24.6 Å². The molecule has 8 nitrogen and oxygen atoms in total. The Bertz CT molecular complexity index is 768. The number of carbonyl (C=O) groups is 3. The zero-order valence-corrected chi connectivity index (χ0v) is 12.8. The van der Waals surface area contributed by atoms with Crippen LogP contribution in [-0.4, -0.2) is 46.1 Å². The number of carboxylic acid groups (broad SMARTS) is 1. The summed E-state index contributed by atoms with van der Waals surface area (Å²) in [6, 6.07) is 4.06. The highest BCUT2D eigenvalue weighted by Crippen LogP contribution is 2.41. The standard InChI is InChI=1S/C16H15NO7/c1-8(18)13-14(9-2-3-10-11(6-9)24-7-23-10)17(5-4-12(19)20)16(22)15(13)21/h2-3,6,14,21H,4-5,7H2,1H3,(H,19,20)/t14-/m0/s1. The lowest BCUT2D eigenvalue weighted by Gasteiger charge is -2.26. The smallest absolute Gasteiger partial charge is 0.305 e. The minimum absolute atomic E-state index is 0.0516. The quantitative estimate of drug-likeness (QED) is 0.831. The highest BCUT2D eigenvalue weighted by atomic mass is 16.7. The topological polar surface area (TPSA) is 113 Å². The third-order valence-corrected chi connectivity index (χ3v) is 3.96. The molecule has 0 unspecified atom stereocenters. The Morgan fingerprint density at radius 1 is 1.29 bits per heavy atom. The third-order valence-electron chi connectivity index (χ3n) is 3.96. The minimum atomic E-state index is -1.08. The van der Waals surface area contributed by atoms with Crippen LogP contribution in [0.15, 0.2) is 29.5 Å². The normalized spacial score (nSPS) is 19.1. The van der Waals surface area contributed by atoms with Gasteiger partial charge in [0, 0.05) is 6.54 Å². The van der Waals surface area contributed by atoms with Crippen LogP contribution in [0, 0.1) is 0 Å². The van der Waals surface area contributed by atoms with Gasteiger partial charge in [-0.25, -0.2) is 0 Å². The van der Waals surface area contributed by atoms with Gasteiger partial charge in [-0.05, 0) is 24.6 Å². The average molecular weight is 333 g/mol. The second kappa shape index (κ2) is 5.88. The van der Waals surface area contributed by atoms with Crippen LogP contribution in [0.1, 0.15) is 24.9 Å². The zero-order chi connectivity index (χ0) is 17.4. The van der Waals surface area contributed by atoms with Crippen molar-refractivity contribution in [1.29, 1.82) is 0 Å². The minimum Gasteiger partial charge on any atom is -0.503 e. The third kappa shape index (κ3) is 2.55. The van der Waals surface area contributed by atoms with Crippen molar-refractivity contribution >= 4 is 17.7 Å². The van der Waals surface area contributed by atoms with Crippen LogP contribution in [0.25, 0.3) is 0 Å². The van der Waals surface area contributed by atoms with E-state index in [-0.39, 0.29) is 25.3 Å². The second-order valence-electron chi connectivity index (χ2n) is 5.48. The number of benzene rings is 1. The summed E-state index contributed by atoms with van der Waals surface area (Å²) >= 11 is 0. The first-order valence-corrected chi connectivity index (χ1v) is 7.26. The van der Waals surface area contributed by atoms with Gasteiger partial charge >= 0.3 is 5.97 Å². The molecule has 1 amide bonds. The predicted octanol–water partition coefficient (Wildman–Crippen LogP) is 1.17. The highest BCUT2D eigenvalue weighted by molar-refractivity contribution is 6.08. The van der Waals surface area contributed by atoms with Gasteiger partial charge in [0.25, 0.3) is 5.91 Å². The monoisotopic (exact) mass is 333 g/mol. The molecule has 3 rings (SSSR count). The van der Waals surface area contributed by atoms with Gasteiger partial charge in [0.15, 0.2) is 23.0 Å². The highest BCUT2D eigenvalue weighted by Gasteiger charge is 2.42. The fourth-order valence-electron chi connectivity index (χ4n) is 2.89. The van der Waals surface area contributed by atoms with Crippen molar-refractivity contribution in [1.82, 2.24) is 4.90 Å². The van der Waals surface area contributed by atoms with E-state index in [9.17, 15) is 19.5 Å². The van der Waals surface area contributed by atoms with Gasteiger partial charge in [-0.15, -0.1) is 0 Å². The lowest BCUT2D eigenvalue weighted by Crippen LogP contribution is -2.33. The molecule has 1 aromatic carbocycles. The first-order chi connectivity index (χ1) is 11.4. The summed E-state index contributed by atoms with van der Waals surface area (Å²) in [6.07, 6.45) is -0.300. The Labute approximate surface area is 136 Å². The lowest BCUT2D eigenvalue weighted by atomic mass is 9.96. The Morgan fingerprint density at radius 3 is 2.67 bits per heavy atom. The van der Waals surface area contributed by atoms with Gasteiger partial charge in [-0.3, -0.25) is 14.4 Å². The molecule has 2 heterocycles. The van der Waals surface area contributed by atoms with E-state index in [4.69, 9.17) is 14.6 Å². The summed E-state index contributed by atoms with van der Waals surface area (Å²) < 4.78 is 10.5. The summed E-state index contributed by atoms with van der Waals surface area (Å²) in [7, 11) is 0. The molecular weight excluding hydrogens is 318 g/mol. The van der Waals surface area contributed by atoms with Gasteiger partial charge in [-0.1, -0.05) is 6.07 Å². The summed E-state index contributed by atoms with van der Waals surface area (Å²) in [5.74, 6) is -1.94. The maximum absolute atomic E-state index is 12.3. The maximum atomic E-state index is 12.3. The largest absolute Gasteiger partial charge is 0.503 e. The molecule has 1 aromatic rings. The SMILES string of the molecule is CC(=O)C1=C(O)C(=O)N(CCC(=O)O)[C@H]1c1ccc2c(c1)OCO2. The maximum Gasteiger partial charge on any atom is 0.305 e. The first kappa shape index (κ1) is 15.9. The Kier molecular flexibility index (Phi) is 3.88. The molecule has 0 bridgehead atoms. The molecule has 0 saturated carbocycles. The number of rotatable bonds is 5. The van der Waals surface area contributed by atoms with E-state index >= 15 is 0 Å². The number of nitrogens with zero attached hydrogens (tertiary/aromatic N) is 1. The molecule has 0 radical (unpaired) electrons. The number of fused-ring (bicyclic) bond motifs is 1. The Balaban J connectivity index is 2.03. The molecule has 126 valence electrons. The van der Waals surface area contributed by atoms with Crippen LogP contribution < -0.4 is 9.47 Å². The fraction of sp³-hybridized carbons (Fsp3) is 0.312. The number of carbonyl (C=O) groups excluding carboxylic acids is 2. The van der Waals surface area contributed by atoms with Crippen molar-refractivity contribution < 1.29 is 34.1 Å². The molecule has 0 saturated heterocycles. The molecule has 0 fully saturated rings. The molecule has 2 aliphatic rings. The molecule has 8 heteroatoms. The number of ketones is 1. The Morgan fingerprint density at radius 2 is 2.00 bits per heavy atom. The number of carboxylic acids is 1. The summed E-state index contributed by atoms with van der Waals surface area (Å²) in [4.78, 5) is 36.2. The van der Waals surface area contributed by atoms with Crippen molar-refractivity contribution in [2.24, 2.45) is 0 Å². The van der Waals surface area contributed by atoms with Crippen molar-refractivity contribution in [3.8, 4) is 11.5 Å². The van der Waals surface area contributed by atoms with Crippen LogP contribution in [0.2, 0.25) is 0 Å². The van der Waals surface area contributed by atoms with Gasteiger partial charge in [0.1, 0.15) is 0 Å². The summed E-state index contributed by atoms with van der Waals surface area (Å²) in [5.41, 5.74) is 0.483. The molecule has 0 spiro atoms. The van der Waals surface area contributed by atoms with Crippen molar-refractivity contribution in [2.45, 2.75) is 19.4 Å². The van der Waals surface area contributed by atoms with E-state index in [1.165, 1.54) is 11.8 Å². The first-order valence-electron chi connectivity index (χ1n) is 7.26. The lowest BCUT2D eigenvalue weighted by molar-refractivity contribution is -0.138. The zero-order valence-electron chi connectivity index (χ0n) is 12.8. The number of amides is 1. The molecule has 1 atom stereocenters. The van der Waals surface area contributed by atoms with Crippen LogP contribution in [0.3, 0.4) is 0 Å². The van der Waals surface area contributed by atoms with Crippen LogP contribution >= 0.6 is 0 Å². The van der Waals surface area contributed by atoms with E-state index in [1.807, 2.05) is 0 Å². The van der Waals surface area contributed by atoms with E-state index in [0.717, 1.165) is 0 Å². The molecule has 0 aliphatic carbocycles. The number of ether oxygens (including phenoxy) is 2. The van der Waals surface area contributed by atoms with Gasteiger partial charge in [0.05, 0.1) is 18.0 Å². The average Bonchev–Trinajstić information content (AvgIpc) is 3.08. The van der Waals surface area contributed by atoms with E-state index < -0.39 is 29.5 Å². The molecule has 2 N–H and O–H groups in total. The predicted molar refractivity (Wildman–Crippen MR) is 79.6 cm³/mol. The summed E-state index contributed by atoms with van der Waals surface area (Å²) in [6.45, 7) is 1.19. The molecule has 2 aliphatic heterocycles. The number of Topliss-reactive ketones (excluding diaryl/α,β-unsaturated/α-hetero) is 1. The van der Waals surface area contributed by atoms with E-state index in [0.29, 0.717) is 17.1 Å². The Hall–Kier alpha value is -3.03. The van der Waals surface area contributed by atoms with Gasteiger partial charge in [0.2, 0.25) is 6.79 Å². The molecule has 24 heavy (non-hydrogen) atoms. The number of aliphatic carboxylic acids is 1. The van der Waals surface area contributed by atoms with Crippen LogP contribution in [0.4, 0.5) is 0 Å². The van der Waals surface area contributed by atoms with E-state index in [1.54, 1.807) is 18.2 Å². The van der Waals surface area contributed by atoms with E-state index in [2.05, 4.69) is 0 Å². The number of hydrogen-bond acceptors (Lipinski definition) is 6. The second-order valence-corrected chi connectivity index (χ2v) is 5.48. The van der Waals surface area contributed by atoms with Crippen molar-refractivity contribution in [3.05, 3.63) is 35.1 Å². The number of aliphatic hydroxyl groups is 1. The molecule has 0 aromatic heterocycles. The molecular formula is C16H15NO7. The van der Waals surface area contributed by atoms with Gasteiger partial charge in [-0.2, -0.15) is 0 Å². The van der Waals surface area contributed by atoms with Crippen molar-refractivity contribution in [2.75, 3.05) is 13.3 Å². The fourth-order valence-corrected chi connectivity index (χ4v) is 2.89. The number of aliphatic hydroxyl groups excluding tert-OH is 1. The summed E-state index contributed by atoms with van der Waals surface area (Å²) in [5, 5.41) is 18.9. The number of hydrogen-bond donors (Lipinski definition) is 2.